The number of likely N-dealkylation sites (tertiary alicyclic amines) is 1. The monoisotopic (exact) mass is 374 g/mol. The topological polar surface area (TPSA) is 56.3 Å². The highest BCUT2D eigenvalue weighted by atomic mass is 16.5. The van der Waals surface area contributed by atoms with Gasteiger partial charge in [0.05, 0.1) is 13.0 Å². The van der Waals surface area contributed by atoms with Crippen LogP contribution in [0.15, 0.2) is 24.3 Å². The Kier molecular flexibility index (Phi) is 6.21. The number of anilines is 1. The number of ether oxygens (including phenoxy) is 1. The van der Waals surface area contributed by atoms with E-state index in [4.69, 9.17) is 4.74 Å². The van der Waals surface area contributed by atoms with E-state index in [0.717, 1.165) is 31.1 Å². The van der Waals surface area contributed by atoms with Crippen LogP contribution in [-0.2, 0) is 9.59 Å². The molecular formula is C20H30N4O3. The van der Waals surface area contributed by atoms with Crippen molar-refractivity contribution >= 4 is 17.5 Å². The van der Waals surface area contributed by atoms with Gasteiger partial charge >= 0.3 is 0 Å². The number of methoxy groups -OCH3 is 1. The number of rotatable bonds is 6. The molecule has 0 spiro atoms. The SMILES string of the molecule is COc1ccc(N2CCN(C(=O)C3CC(=O)N(CCN(C)C)C3)CC2)cc1. The van der Waals surface area contributed by atoms with Crippen LogP contribution in [0.25, 0.3) is 0 Å². The highest BCUT2D eigenvalue weighted by Gasteiger charge is 2.37. The van der Waals surface area contributed by atoms with Crippen LogP contribution in [0.5, 0.6) is 5.75 Å². The normalized spacial score (nSPS) is 20.5. The van der Waals surface area contributed by atoms with Crippen LogP contribution in [0.4, 0.5) is 5.69 Å². The van der Waals surface area contributed by atoms with Gasteiger partial charge in [-0.3, -0.25) is 9.59 Å². The summed E-state index contributed by atoms with van der Waals surface area (Å²) in [4.78, 5) is 33.1. The first-order valence-corrected chi connectivity index (χ1v) is 9.58. The lowest BCUT2D eigenvalue weighted by molar-refractivity contribution is -0.136. The van der Waals surface area contributed by atoms with Gasteiger partial charge in [0.15, 0.2) is 0 Å². The fourth-order valence-electron chi connectivity index (χ4n) is 3.71. The Balaban J connectivity index is 1.50. The molecule has 1 atom stereocenters. The highest BCUT2D eigenvalue weighted by molar-refractivity contribution is 5.89. The average molecular weight is 374 g/mol. The van der Waals surface area contributed by atoms with Gasteiger partial charge in [-0.05, 0) is 38.4 Å². The molecule has 2 heterocycles. The fourth-order valence-corrected chi connectivity index (χ4v) is 3.71. The molecule has 2 aliphatic heterocycles. The molecule has 0 aliphatic carbocycles. The van der Waals surface area contributed by atoms with Gasteiger partial charge in [-0.1, -0.05) is 0 Å². The molecule has 2 saturated heterocycles. The van der Waals surface area contributed by atoms with Crippen molar-refractivity contribution in [3.63, 3.8) is 0 Å². The average Bonchev–Trinajstić information content (AvgIpc) is 3.06. The van der Waals surface area contributed by atoms with E-state index in [0.29, 0.717) is 32.6 Å². The lowest BCUT2D eigenvalue weighted by Crippen LogP contribution is -2.50. The van der Waals surface area contributed by atoms with Crippen molar-refractivity contribution in [1.29, 1.82) is 0 Å². The van der Waals surface area contributed by atoms with Crippen LogP contribution >= 0.6 is 0 Å². The maximum atomic E-state index is 12.9. The molecule has 0 bridgehead atoms. The number of nitrogens with zero attached hydrogens (tertiary/aromatic N) is 4. The molecule has 0 radical (unpaired) electrons. The number of piperazine rings is 1. The molecule has 3 rings (SSSR count). The molecule has 1 unspecified atom stereocenters. The Labute approximate surface area is 161 Å². The summed E-state index contributed by atoms with van der Waals surface area (Å²) in [5.74, 6) is 0.890. The summed E-state index contributed by atoms with van der Waals surface area (Å²) in [6, 6.07) is 8.02. The Hall–Kier alpha value is -2.28. The molecular weight excluding hydrogens is 344 g/mol. The number of benzene rings is 1. The quantitative estimate of drug-likeness (QED) is 0.736. The van der Waals surface area contributed by atoms with E-state index < -0.39 is 0 Å². The standard InChI is InChI=1S/C20H30N4O3/c1-21(2)8-9-24-15-16(14-19(24)25)20(26)23-12-10-22(11-13-23)17-4-6-18(27-3)7-5-17/h4-7,16H,8-15H2,1-3H3. The van der Waals surface area contributed by atoms with Crippen LogP contribution in [-0.4, -0.2) is 93.5 Å². The van der Waals surface area contributed by atoms with E-state index in [9.17, 15) is 9.59 Å². The van der Waals surface area contributed by atoms with E-state index in [1.807, 2.05) is 36.0 Å². The van der Waals surface area contributed by atoms with Gasteiger partial charge in [-0.15, -0.1) is 0 Å². The molecule has 27 heavy (non-hydrogen) atoms. The highest BCUT2D eigenvalue weighted by Crippen LogP contribution is 2.23. The van der Waals surface area contributed by atoms with Crippen LogP contribution in [0, 0.1) is 5.92 Å². The second kappa shape index (κ2) is 8.61. The van der Waals surface area contributed by atoms with E-state index in [1.54, 1.807) is 7.11 Å². The maximum absolute atomic E-state index is 12.9. The van der Waals surface area contributed by atoms with Crippen molar-refractivity contribution in [2.45, 2.75) is 6.42 Å². The number of amides is 2. The Bertz CT molecular complexity index is 654. The second-order valence-electron chi connectivity index (χ2n) is 7.55. The molecule has 2 fully saturated rings. The molecule has 1 aromatic rings. The van der Waals surface area contributed by atoms with Crippen LogP contribution < -0.4 is 9.64 Å². The van der Waals surface area contributed by atoms with Gasteiger partial charge < -0.3 is 24.3 Å². The van der Waals surface area contributed by atoms with Crippen LogP contribution in [0.2, 0.25) is 0 Å². The molecule has 2 aliphatic rings. The number of carbonyl (C=O) groups is 2. The molecule has 0 aromatic heterocycles. The van der Waals surface area contributed by atoms with Gasteiger partial charge in [0.1, 0.15) is 5.75 Å². The lowest BCUT2D eigenvalue weighted by Gasteiger charge is -2.37. The first-order valence-electron chi connectivity index (χ1n) is 9.58. The maximum Gasteiger partial charge on any atom is 0.228 e. The largest absolute Gasteiger partial charge is 0.497 e. The van der Waals surface area contributed by atoms with Gasteiger partial charge in [0.2, 0.25) is 11.8 Å². The number of hydrogen-bond acceptors (Lipinski definition) is 5. The predicted octanol–water partition coefficient (Wildman–Crippen LogP) is 0.754. The van der Waals surface area contributed by atoms with Crippen molar-refractivity contribution < 1.29 is 14.3 Å². The third kappa shape index (κ3) is 4.71. The molecule has 7 nitrogen and oxygen atoms in total. The first-order chi connectivity index (χ1) is 13.0. The van der Waals surface area contributed by atoms with Crippen molar-refractivity contribution in [3.05, 3.63) is 24.3 Å². The van der Waals surface area contributed by atoms with Crippen molar-refractivity contribution in [2.75, 3.05) is 71.9 Å². The Morgan fingerprint density at radius 3 is 2.41 bits per heavy atom. The molecule has 1 aromatic carbocycles. The molecule has 7 heteroatoms. The van der Waals surface area contributed by atoms with E-state index in [2.05, 4.69) is 21.9 Å². The smallest absolute Gasteiger partial charge is 0.228 e. The zero-order valence-electron chi connectivity index (χ0n) is 16.6. The van der Waals surface area contributed by atoms with Crippen LogP contribution in [0.1, 0.15) is 6.42 Å². The Morgan fingerprint density at radius 2 is 1.81 bits per heavy atom. The van der Waals surface area contributed by atoms with Gasteiger partial charge in [0.25, 0.3) is 0 Å². The number of hydrogen-bond donors (Lipinski definition) is 0. The summed E-state index contributed by atoms with van der Waals surface area (Å²) >= 11 is 0. The zero-order chi connectivity index (χ0) is 19.4. The predicted molar refractivity (Wildman–Crippen MR) is 105 cm³/mol. The summed E-state index contributed by atoms with van der Waals surface area (Å²) in [5, 5.41) is 0. The van der Waals surface area contributed by atoms with Crippen LogP contribution in [0.3, 0.4) is 0 Å². The van der Waals surface area contributed by atoms with E-state index >= 15 is 0 Å². The molecule has 0 N–H and O–H groups in total. The van der Waals surface area contributed by atoms with Crippen molar-refractivity contribution in [1.82, 2.24) is 14.7 Å². The molecule has 148 valence electrons. The summed E-state index contributed by atoms with van der Waals surface area (Å²) < 4.78 is 5.20. The lowest BCUT2D eigenvalue weighted by atomic mass is 10.1. The third-order valence-corrected chi connectivity index (χ3v) is 5.41. The minimum Gasteiger partial charge on any atom is -0.497 e. The van der Waals surface area contributed by atoms with Gasteiger partial charge in [-0.2, -0.15) is 0 Å². The summed E-state index contributed by atoms with van der Waals surface area (Å²) in [6.07, 6.45) is 0.352. The first kappa shape index (κ1) is 19.5. The van der Waals surface area contributed by atoms with Gasteiger partial charge in [0, 0.05) is 57.9 Å². The zero-order valence-corrected chi connectivity index (χ0v) is 16.6. The second-order valence-corrected chi connectivity index (χ2v) is 7.55. The Morgan fingerprint density at radius 1 is 1.15 bits per heavy atom. The third-order valence-electron chi connectivity index (χ3n) is 5.41. The summed E-state index contributed by atoms with van der Waals surface area (Å²) in [6.45, 7) is 5.10. The fraction of sp³-hybridized carbons (Fsp3) is 0.600. The van der Waals surface area contributed by atoms with E-state index in [-0.39, 0.29) is 17.7 Å². The summed E-state index contributed by atoms with van der Waals surface area (Å²) in [7, 11) is 5.64. The molecule has 2 amide bonds. The minimum atomic E-state index is -0.188. The van der Waals surface area contributed by atoms with Crippen molar-refractivity contribution in [2.24, 2.45) is 5.92 Å². The minimum absolute atomic E-state index is 0.104. The van der Waals surface area contributed by atoms with Crippen molar-refractivity contribution in [3.8, 4) is 5.75 Å². The van der Waals surface area contributed by atoms with E-state index in [1.165, 1.54) is 0 Å². The van der Waals surface area contributed by atoms with Gasteiger partial charge in [-0.25, -0.2) is 0 Å². The summed E-state index contributed by atoms with van der Waals surface area (Å²) in [5.41, 5.74) is 1.15. The number of likely N-dealkylation sites (N-methyl/N-ethyl adjacent to an activating group) is 1. The number of carbonyl (C=O) groups excluding carboxylic acids is 2. The molecule has 0 saturated carbocycles.